The van der Waals surface area contributed by atoms with Crippen LogP contribution in [0.2, 0.25) is 0 Å². The molecule has 2 rings (SSSR count). The van der Waals surface area contributed by atoms with Gasteiger partial charge in [0.15, 0.2) is 0 Å². The highest BCUT2D eigenvalue weighted by atomic mass is 19.4. The van der Waals surface area contributed by atoms with E-state index in [1.54, 1.807) is 31.2 Å². The van der Waals surface area contributed by atoms with Crippen LogP contribution in [-0.2, 0) is 9.53 Å². The molecule has 0 N–H and O–H groups in total. The van der Waals surface area contributed by atoms with E-state index in [4.69, 9.17) is 0 Å². The van der Waals surface area contributed by atoms with Crippen LogP contribution in [0.25, 0.3) is 0 Å². The fourth-order valence-corrected chi connectivity index (χ4v) is 1.86. The van der Waals surface area contributed by atoms with E-state index in [-0.39, 0.29) is 17.9 Å². The van der Waals surface area contributed by atoms with Crippen molar-refractivity contribution in [2.45, 2.75) is 13.3 Å². The topological polar surface area (TPSA) is 47.9 Å². The summed E-state index contributed by atoms with van der Waals surface area (Å²) in [7, 11) is 0. The highest BCUT2D eigenvalue weighted by molar-refractivity contribution is 5.99. The highest BCUT2D eigenvalue weighted by Gasteiger charge is 2.31. The van der Waals surface area contributed by atoms with E-state index >= 15 is 0 Å². The molecule has 0 heterocycles. The molecule has 0 saturated carbocycles. The number of alkyl halides is 3. The number of halogens is 4. The molecule has 126 valence electrons. The van der Waals surface area contributed by atoms with Gasteiger partial charge in [-0.05, 0) is 30.7 Å². The summed E-state index contributed by atoms with van der Waals surface area (Å²) in [5, 5.41) is 0. The largest absolute Gasteiger partial charge is 0.573 e. The first-order valence-electron chi connectivity index (χ1n) is 6.60. The average Bonchev–Trinajstić information content (AvgIpc) is 2.47. The van der Waals surface area contributed by atoms with E-state index in [9.17, 15) is 22.4 Å². The van der Waals surface area contributed by atoms with Gasteiger partial charge in [-0.1, -0.05) is 18.2 Å². The summed E-state index contributed by atoms with van der Waals surface area (Å²) in [6.07, 6.45) is -4.94. The molecule has 24 heavy (non-hydrogen) atoms. The van der Waals surface area contributed by atoms with Crippen LogP contribution in [0.3, 0.4) is 0 Å². The number of hydrogen-bond acceptors (Lipinski definition) is 4. The Hall–Kier alpha value is -2.90. The van der Waals surface area contributed by atoms with E-state index < -0.39 is 17.9 Å². The molecule has 0 atom stereocenters. The minimum absolute atomic E-state index is 0.0523. The molecule has 2 aromatic rings. The van der Waals surface area contributed by atoms with Crippen molar-refractivity contribution < 1.29 is 31.8 Å². The molecule has 0 aliphatic carbocycles. The zero-order valence-corrected chi connectivity index (χ0v) is 12.3. The van der Waals surface area contributed by atoms with Crippen LogP contribution >= 0.6 is 0 Å². The lowest BCUT2D eigenvalue weighted by Crippen LogP contribution is -2.17. The number of carbonyl (C=O) groups excluding carboxylic acids is 1. The molecule has 0 saturated heterocycles. The fraction of sp³-hybridized carbons (Fsp3) is 0.125. The molecular weight excluding hydrogens is 330 g/mol. The quantitative estimate of drug-likeness (QED) is 0.361. The van der Waals surface area contributed by atoms with E-state index in [0.717, 1.165) is 17.7 Å². The Labute approximate surface area is 134 Å². The van der Waals surface area contributed by atoms with Gasteiger partial charge < -0.3 is 9.47 Å². The molecule has 0 bridgehead atoms. The highest BCUT2D eigenvalue weighted by Crippen LogP contribution is 2.26. The van der Waals surface area contributed by atoms with Gasteiger partial charge in [-0.3, -0.25) is 4.79 Å². The third-order valence-corrected chi connectivity index (χ3v) is 2.90. The van der Waals surface area contributed by atoms with E-state index in [1.807, 2.05) is 0 Å². The third kappa shape index (κ3) is 4.55. The van der Waals surface area contributed by atoms with Crippen LogP contribution < -0.4 is 4.74 Å². The van der Waals surface area contributed by atoms with Crippen LogP contribution in [-0.4, -0.2) is 18.7 Å². The van der Waals surface area contributed by atoms with Crippen molar-refractivity contribution in [1.82, 2.24) is 0 Å². The van der Waals surface area contributed by atoms with Crippen molar-refractivity contribution >= 4 is 18.1 Å². The van der Waals surface area contributed by atoms with E-state index in [2.05, 4.69) is 14.5 Å². The summed E-state index contributed by atoms with van der Waals surface area (Å²) in [4.78, 5) is 14.7. The number of para-hydroxylation sites is 1. The maximum atomic E-state index is 14.1. The Kier molecular flexibility index (Phi) is 5.18. The molecule has 0 fully saturated rings. The van der Waals surface area contributed by atoms with Crippen molar-refractivity contribution in [2.75, 3.05) is 0 Å². The van der Waals surface area contributed by atoms with Gasteiger partial charge in [0, 0.05) is 6.07 Å². The minimum Gasteiger partial charge on any atom is -0.409 e. The number of nitrogens with zero attached hydrogens (tertiary/aromatic N) is 1. The maximum Gasteiger partial charge on any atom is 0.573 e. The van der Waals surface area contributed by atoms with Crippen LogP contribution in [0.5, 0.6) is 5.75 Å². The number of benzene rings is 2. The van der Waals surface area contributed by atoms with Crippen LogP contribution in [0, 0.1) is 12.7 Å². The monoisotopic (exact) mass is 341 g/mol. The number of aryl methyl sites for hydroxylation is 1. The van der Waals surface area contributed by atoms with Crippen molar-refractivity contribution in [3.05, 3.63) is 59.4 Å². The van der Waals surface area contributed by atoms with Gasteiger partial charge in [0.05, 0.1) is 11.3 Å². The number of aliphatic imine (C=N–C) groups is 1. The Morgan fingerprint density at radius 1 is 1.17 bits per heavy atom. The molecule has 2 aromatic carbocycles. The van der Waals surface area contributed by atoms with Crippen LogP contribution in [0.1, 0.15) is 11.1 Å². The second-order valence-electron chi connectivity index (χ2n) is 4.61. The Balaban J connectivity index is 2.42. The summed E-state index contributed by atoms with van der Waals surface area (Å²) in [6.45, 7) is 1.80. The predicted octanol–water partition coefficient (Wildman–Crippen LogP) is 4.28. The summed E-state index contributed by atoms with van der Waals surface area (Å²) in [5.41, 5.74) is 0.881. The number of carbonyl (C=O) groups is 1. The first kappa shape index (κ1) is 17.5. The molecule has 0 aromatic heterocycles. The van der Waals surface area contributed by atoms with Gasteiger partial charge in [-0.25, -0.2) is 9.38 Å². The van der Waals surface area contributed by atoms with E-state index in [0.29, 0.717) is 11.8 Å². The normalized spacial score (nSPS) is 12.0. The van der Waals surface area contributed by atoms with Crippen molar-refractivity contribution in [1.29, 1.82) is 0 Å². The predicted molar refractivity (Wildman–Crippen MR) is 77.6 cm³/mol. The molecule has 0 radical (unpaired) electrons. The molecular formula is C16H11F4NO3. The van der Waals surface area contributed by atoms with Crippen molar-refractivity contribution in [2.24, 2.45) is 4.99 Å². The number of rotatable bonds is 4. The molecule has 0 amide bonds. The Morgan fingerprint density at radius 3 is 2.46 bits per heavy atom. The van der Waals surface area contributed by atoms with Gasteiger partial charge >= 0.3 is 6.36 Å². The smallest absolute Gasteiger partial charge is 0.409 e. The molecule has 0 aliphatic heterocycles. The Bertz CT molecular complexity index is 772. The van der Waals surface area contributed by atoms with Gasteiger partial charge in [-0.15, -0.1) is 13.2 Å². The SMILES string of the molecule is Cc1ccccc1N=C(OC=O)c1ccc(OC(F)(F)F)cc1F. The third-order valence-electron chi connectivity index (χ3n) is 2.90. The molecule has 4 nitrogen and oxygen atoms in total. The summed E-state index contributed by atoms with van der Waals surface area (Å²) in [6, 6.07) is 9.21. The molecule has 0 aliphatic rings. The average molecular weight is 341 g/mol. The maximum absolute atomic E-state index is 14.1. The lowest BCUT2D eigenvalue weighted by Gasteiger charge is -2.11. The molecule has 0 unspecified atom stereocenters. The first-order chi connectivity index (χ1) is 11.3. The van der Waals surface area contributed by atoms with Crippen LogP contribution in [0.15, 0.2) is 47.5 Å². The Morgan fingerprint density at radius 2 is 1.88 bits per heavy atom. The first-order valence-corrected chi connectivity index (χ1v) is 6.60. The second kappa shape index (κ2) is 7.12. The second-order valence-corrected chi connectivity index (χ2v) is 4.61. The summed E-state index contributed by atoms with van der Waals surface area (Å²) in [5.74, 6) is -2.19. The van der Waals surface area contributed by atoms with Crippen molar-refractivity contribution in [3.63, 3.8) is 0 Å². The zero-order chi connectivity index (χ0) is 17.7. The van der Waals surface area contributed by atoms with Crippen LogP contribution in [0.4, 0.5) is 23.2 Å². The van der Waals surface area contributed by atoms with Gasteiger partial charge in [0.2, 0.25) is 5.90 Å². The zero-order valence-electron chi connectivity index (χ0n) is 12.3. The fourth-order valence-electron chi connectivity index (χ4n) is 1.86. The lowest BCUT2D eigenvalue weighted by atomic mass is 10.2. The molecule has 0 spiro atoms. The minimum atomic E-state index is -4.94. The van der Waals surface area contributed by atoms with Gasteiger partial charge in [-0.2, -0.15) is 0 Å². The van der Waals surface area contributed by atoms with Gasteiger partial charge in [0.1, 0.15) is 11.6 Å². The number of hydrogen-bond donors (Lipinski definition) is 0. The summed E-state index contributed by atoms with van der Waals surface area (Å²) >= 11 is 0. The van der Waals surface area contributed by atoms with Crippen molar-refractivity contribution in [3.8, 4) is 5.75 Å². The number of ether oxygens (including phenoxy) is 2. The van der Waals surface area contributed by atoms with E-state index in [1.165, 1.54) is 0 Å². The molecule has 8 heteroatoms. The summed E-state index contributed by atoms with van der Waals surface area (Å²) < 4.78 is 58.8. The van der Waals surface area contributed by atoms with Gasteiger partial charge in [0.25, 0.3) is 6.47 Å². The lowest BCUT2D eigenvalue weighted by molar-refractivity contribution is -0.274. The standard InChI is InChI=1S/C16H11F4NO3/c1-10-4-2-3-5-14(10)21-15(23-9-22)12-7-6-11(8-13(12)17)24-16(18,19)20/h2-9H,1H3.